The lowest BCUT2D eigenvalue weighted by Crippen LogP contribution is -2.45. The maximum atomic E-state index is 12.1. The van der Waals surface area contributed by atoms with Crippen LogP contribution < -0.4 is 5.32 Å². The van der Waals surface area contributed by atoms with E-state index in [1.807, 2.05) is 17.5 Å². The van der Waals surface area contributed by atoms with Crippen molar-refractivity contribution in [3.63, 3.8) is 0 Å². The van der Waals surface area contributed by atoms with Crippen molar-refractivity contribution in [3.05, 3.63) is 34.0 Å². The van der Waals surface area contributed by atoms with Gasteiger partial charge in [0.1, 0.15) is 18.1 Å². The third-order valence-corrected chi connectivity index (χ3v) is 7.76. The minimum absolute atomic E-state index is 0.0226. The van der Waals surface area contributed by atoms with Gasteiger partial charge in [-0.2, -0.15) is 5.26 Å². The van der Waals surface area contributed by atoms with Crippen molar-refractivity contribution in [2.24, 2.45) is 0 Å². The van der Waals surface area contributed by atoms with Crippen LogP contribution in [0.1, 0.15) is 86.9 Å². The van der Waals surface area contributed by atoms with Crippen LogP contribution in [0, 0.1) is 18.3 Å². The number of hydrogen-bond donors (Lipinski definition) is 1. The highest BCUT2D eigenvalue weighted by Gasteiger charge is 2.42. The second-order valence-electron chi connectivity index (χ2n) is 9.14. The van der Waals surface area contributed by atoms with E-state index in [-0.39, 0.29) is 18.4 Å². The Morgan fingerprint density at radius 2 is 2.03 bits per heavy atom. The van der Waals surface area contributed by atoms with Crippen LogP contribution in [0.4, 0.5) is 0 Å². The summed E-state index contributed by atoms with van der Waals surface area (Å²) in [5, 5.41) is 22.8. The molecule has 0 saturated carbocycles. The van der Waals surface area contributed by atoms with Crippen LogP contribution in [0.25, 0.3) is 0 Å². The van der Waals surface area contributed by atoms with E-state index >= 15 is 0 Å². The minimum Gasteiger partial charge on any atom is -0.348 e. The van der Waals surface area contributed by atoms with Crippen molar-refractivity contribution in [1.29, 1.82) is 5.26 Å². The fourth-order valence-corrected chi connectivity index (χ4v) is 6.23. The summed E-state index contributed by atoms with van der Waals surface area (Å²) in [5.41, 5.74) is 0. The number of piperidine rings is 1. The molecule has 2 saturated heterocycles. The maximum Gasteiger partial charge on any atom is 0.234 e. The van der Waals surface area contributed by atoms with Gasteiger partial charge in [-0.15, -0.1) is 21.5 Å². The number of nitrogens with zero attached hydrogens (tertiary/aromatic N) is 5. The Balaban J connectivity index is 1.42. The van der Waals surface area contributed by atoms with Gasteiger partial charge < -0.3 is 9.88 Å². The lowest BCUT2D eigenvalue weighted by molar-refractivity contribution is -0.120. The van der Waals surface area contributed by atoms with E-state index in [4.69, 9.17) is 5.26 Å². The quantitative estimate of drug-likeness (QED) is 0.668. The van der Waals surface area contributed by atoms with Crippen LogP contribution >= 0.6 is 11.3 Å². The van der Waals surface area contributed by atoms with E-state index in [2.05, 4.69) is 51.8 Å². The van der Waals surface area contributed by atoms with Gasteiger partial charge in [0.05, 0.1) is 12.1 Å². The molecule has 0 spiro atoms. The first-order valence-corrected chi connectivity index (χ1v) is 12.2. The molecule has 2 aromatic heterocycles. The zero-order valence-corrected chi connectivity index (χ0v) is 19.4. The van der Waals surface area contributed by atoms with E-state index in [1.54, 1.807) is 11.3 Å². The lowest BCUT2D eigenvalue weighted by Gasteiger charge is -2.40. The number of aromatic nitrogens is 3. The van der Waals surface area contributed by atoms with Gasteiger partial charge >= 0.3 is 0 Å². The monoisotopic (exact) mass is 440 g/mol. The van der Waals surface area contributed by atoms with Crippen molar-refractivity contribution in [2.75, 3.05) is 6.54 Å². The number of nitriles is 1. The smallest absolute Gasteiger partial charge is 0.234 e. The van der Waals surface area contributed by atoms with Gasteiger partial charge in [0.2, 0.25) is 5.91 Å². The fraction of sp³-hybridized carbons (Fsp3) is 0.652. The Morgan fingerprint density at radius 1 is 1.29 bits per heavy atom. The summed E-state index contributed by atoms with van der Waals surface area (Å²) in [7, 11) is 0. The molecule has 0 radical (unpaired) electrons. The molecular formula is C23H32N6OS. The summed E-state index contributed by atoms with van der Waals surface area (Å²) in [4.78, 5) is 15.9. The first kappa shape index (κ1) is 22.0. The Hall–Kier alpha value is -2.24. The number of hydrogen-bond acceptors (Lipinski definition) is 6. The number of nitrogens with one attached hydrogen (secondary N) is 1. The number of carbonyl (C=O) groups is 1. The highest BCUT2D eigenvalue weighted by molar-refractivity contribution is 7.10. The SMILES string of the molecule is Cc1nnc(C(C)C)n1C1C[C@H]2CC[C@@H](C1)N2CC[C@H](NC(=O)CC#N)c1cccs1. The van der Waals surface area contributed by atoms with E-state index in [9.17, 15) is 4.79 Å². The molecule has 4 rings (SSSR count). The fourth-order valence-electron chi connectivity index (χ4n) is 5.42. The summed E-state index contributed by atoms with van der Waals surface area (Å²) >= 11 is 1.67. The molecule has 8 heteroatoms. The molecule has 2 aliphatic heterocycles. The number of thiophene rings is 1. The predicted octanol–water partition coefficient (Wildman–Crippen LogP) is 4.10. The number of amides is 1. The highest BCUT2D eigenvalue weighted by atomic mass is 32.1. The normalized spacial score (nSPS) is 24.3. The molecule has 31 heavy (non-hydrogen) atoms. The zero-order chi connectivity index (χ0) is 22.0. The molecule has 2 bridgehead atoms. The lowest BCUT2D eigenvalue weighted by atomic mass is 9.95. The third-order valence-electron chi connectivity index (χ3n) is 6.77. The Bertz CT molecular complexity index is 917. The molecule has 1 unspecified atom stereocenters. The van der Waals surface area contributed by atoms with Crippen LogP contribution in [-0.4, -0.2) is 44.2 Å². The Morgan fingerprint density at radius 3 is 2.65 bits per heavy atom. The average molecular weight is 441 g/mol. The van der Waals surface area contributed by atoms with Crippen molar-refractivity contribution in [1.82, 2.24) is 25.0 Å². The largest absolute Gasteiger partial charge is 0.348 e. The third kappa shape index (κ3) is 4.68. The van der Waals surface area contributed by atoms with Gasteiger partial charge in [-0.05, 0) is 50.5 Å². The zero-order valence-electron chi connectivity index (χ0n) is 18.6. The van der Waals surface area contributed by atoms with Crippen molar-refractivity contribution in [2.45, 2.75) is 89.4 Å². The molecule has 166 valence electrons. The summed E-state index contributed by atoms with van der Waals surface area (Å²) in [5.74, 6) is 2.32. The van der Waals surface area contributed by atoms with E-state index in [0.717, 1.165) is 42.3 Å². The van der Waals surface area contributed by atoms with Crippen molar-refractivity contribution < 1.29 is 4.79 Å². The molecule has 4 atom stereocenters. The number of rotatable bonds is 8. The molecule has 4 heterocycles. The van der Waals surface area contributed by atoms with Gasteiger partial charge in [-0.25, -0.2) is 0 Å². The van der Waals surface area contributed by atoms with E-state index in [0.29, 0.717) is 24.0 Å². The van der Waals surface area contributed by atoms with Crippen molar-refractivity contribution in [3.8, 4) is 6.07 Å². The topological polar surface area (TPSA) is 86.8 Å². The van der Waals surface area contributed by atoms with Gasteiger partial charge in [0.15, 0.2) is 0 Å². The highest BCUT2D eigenvalue weighted by Crippen LogP contribution is 2.42. The second kappa shape index (κ2) is 9.49. The predicted molar refractivity (Wildman–Crippen MR) is 121 cm³/mol. The standard InChI is InChI=1S/C23H32N6OS/c1-15(2)23-27-26-16(3)29(23)19-13-17-6-7-18(14-19)28(17)11-9-20(21-5-4-12-31-21)25-22(30)8-10-24/h4-5,12,15,17-20H,6-9,11,13-14H2,1-3H3,(H,25,30)/t17-,18+,19?,20-/m0/s1. The van der Waals surface area contributed by atoms with Crippen LogP contribution in [0.5, 0.6) is 0 Å². The Labute approximate surface area is 188 Å². The Kier molecular flexibility index (Phi) is 6.73. The van der Waals surface area contributed by atoms with Crippen LogP contribution in [-0.2, 0) is 4.79 Å². The van der Waals surface area contributed by atoms with E-state index < -0.39 is 0 Å². The molecule has 2 fully saturated rings. The second-order valence-corrected chi connectivity index (χ2v) is 10.1. The van der Waals surface area contributed by atoms with Gasteiger partial charge in [-0.3, -0.25) is 9.69 Å². The summed E-state index contributed by atoms with van der Waals surface area (Å²) in [6.07, 6.45) is 5.54. The maximum absolute atomic E-state index is 12.1. The molecular weight excluding hydrogens is 408 g/mol. The molecule has 2 aromatic rings. The first-order valence-electron chi connectivity index (χ1n) is 11.3. The molecule has 1 N–H and O–H groups in total. The summed E-state index contributed by atoms with van der Waals surface area (Å²) < 4.78 is 2.39. The summed E-state index contributed by atoms with van der Waals surface area (Å²) in [6, 6.07) is 7.65. The van der Waals surface area contributed by atoms with Crippen LogP contribution in [0.2, 0.25) is 0 Å². The first-order chi connectivity index (χ1) is 15.0. The van der Waals surface area contributed by atoms with Gasteiger partial charge in [-0.1, -0.05) is 19.9 Å². The molecule has 7 nitrogen and oxygen atoms in total. The van der Waals surface area contributed by atoms with Crippen molar-refractivity contribution >= 4 is 17.2 Å². The van der Waals surface area contributed by atoms with E-state index in [1.165, 1.54) is 12.8 Å². The molecule has 1 amide bonds. The number of fused-ring (bicyclic) bond motifs is 2. The number of carbonyl (C=O) groups excluding carboxylic acids is 1. The van der Waals surface area contributed by atoms with Gasteiger partial charge in [0.25, 0.3) is 0 Å². The van der Waals surface area contributed by atoms with Crippen LogP contribution in [0.3, 0.4) is 0 Å². The molecule has 0 aromatic carbocycles. The van der Waals surface area contributed by atoms with Crippen LogP contribution in [0.15, 0.2) is 17.5 Å². The number of aryl methyl sites for hydroxylation is 1. The minimum atomic E-state index is -0.188. The molecule has 2 aliphatic rings. The average Bonchev–Trinajstić information content (AvgIpc) is 3.44. The van der Waals surface area contributed by atoms with Gasteiger partial charge in [0, 0.05) is 35.5 Å². The summed E-state index contributed by atoms with van der Waals surface area (Å²) in [6.45, 7) is 7.42. The molecule has 0 aliphatic carbocycles.